The van der Waals surface area contributed by atoms with Gasteiger partial charge >= 0.3 is 11.9 Å². The number of likely N-dealkylation sites (N-methyl/N-ethyl adjacent to an activating group) is 1. The molecule has 0 amide bonds. The fourth-order valence-corrected chi connectivity index (χ4v) is 5.68. The number of fused-ring (bicyclic) bond motifs is 1. The van der Waals surface area contributed by atoms with Gasteiger partial charge in [0.15, 0.2) is 0 Å². The molecule has 0 aliphatic rings. The fraction of sp³-hybridized carbons (Fsp3) is 0.323. The van der Waals surface area contributed by atoms with E-state index in [1.807, 2.05) is 75.4 Å². The van der Waals surface area contributed by atoms with Crippen molar-refractivity contribution < 1.29 is 19.1 Å². The summed E-state index contributed by atoms with van der Waals surface area (Å²) in [5, 5.41) is 18.7. The van der Waals surface area contributed by atoms with Crippen LogP contribution in [0.15, 0.2) is 87.7 Å². The van der Waals surface area contributed by atoms with Gasteiger partial charge in [-0.1, -0.05) is 55.2 Å². The number of carbonyl (C=O) groups excluding carboxylic acids is 2. The predicted octanol–water partition coefficient (Wildman–Crippen LogP) is 8.88. The van der Waals surface area contributed by atoms with Gasteiger partial charge in [0.25, 0.3) is 0 Å². The van der Waals surface area contributed by atoms with E-state index in [0.29, 0.717) is 30.4 Å². The highest BCUT2D eigenvalue weighted by Crippen LogP contribution is 2.39. The number of hydrogen-bond acceptors (Lipinski definition) is 12. The lowest BCUT2D eigenvalue weighted by molar-refractivity contribution is -0.147. The minimum atomic E-state index is -0.424. The molecular weight excluding hydrogens is 585 g/mol. The normalized spacial score (nSPS) is 12.2. The van der Waals surface area contributed by atoms with Gasteiger partial charge in [-0.25, -0.2) is 9.78 Å². The fourth-order valence-electron chi connectivity index (χ4n) is 3.83. The first-order valence-electron chi connectivity index (χ1n) is 14.0. The van der Waals surface area contributed by atoms with Gasteiger partial charge in [-0.2, -0.15) is 0 Å². The van der Waals surface area contributed by atoms with E-state index in [0.717, 1.165) is 50.5 Å². The van der Waals surface area contributed by atoms with Crippen molar-refractivity contribution >= 4 is 71.3 Å². The van der Waals surface area contributed by atoms with Crippen LogP contribution in [-0.2, 0) is 25.5 Å². The van der Waals surface area contributed by atoms with Crippen molar-refractivity contribution in [2.45, 2.75) is 33.6 Å². The second kappa shape index (κ2) is 15.8. The molecule has 0 saturated heterocycles. The van der Waals surface area contributed by atoms with Crippen LogP contribution in [0.3, 0.4) is 0 Å². The van der Waals surface area contributed by atoms with Crippen molar-refractivity contribution in [1.82, 2.24) is 4.98 Å². The van der Waals surface area contributed by atoms with E-state index in [9.17, 15) is 9.59 Å². The maximum absolute atomic E-state index is 11.8. The van der Waals surface area contributed by atoms with Gasteiger partial charge in [-0.05, 0) is 61.4 Å². The van der Waals surface area contributed by atoms with Crippen LogP contribution in [0.5, 0.6) is 0 Å². The molecule has 2 aromatic heterocycles. The number of thiazole rings is 1. The Morgan fingerprint density at radius 3 is 2.30 bits per heavy atom. The van der Waals surface area contributed by atoms with E-state index in [1.165, 1.54) is 22.7 Å². The SMILES string of the molecule is C=CC(=O)OCCN(CC)c1ccc(/N=N/c2nc3sc(/N=N/c4ccc(CCOC(=O)C(C)CC)cc4)cc3s2)cc1. The number of azo groups is 2. The number of esters is 2. The number of ether oxygens (including phenoxy) is 2. The van der Waals surface area contributed by atoms with Crippen LogP contribution in [0.25, 0.3) is 9.53 Å². The summed E-state index contributed by atoms with van der Waals surface area (Å²) in [4.78, 5) is 30.6. The molecular formula is C31H34N6O4S2. The largest absolute Gasteiger partial charge is 0.465 e. The summed E-state index contributed by atoms with van der Waals surface area (Å²) >= 11 is 2.89. The summed E-state index contributed by atoms with van der Waals surface area (Å²) in [5.74, 6) is -0.646. The Morgan fingerprint density at radius 2 is 1.65 bits per heavy atom. The number of rotatable bonds is 15. The summed E-state index contributed by atoms with van der Waals surface area (Å²) in [6.07, 6.45) is 2.60. The van der Waals surface area contributed by atoms with E-state index in [-0.39, 0.29) is 18.5 Å². The van der Waals surface area contributed by atoms with Crippen molar-refractivity contribution in [3.63, 3.8) is 0 Å². The molecule has 0 bridgehead atoms. The van der Waals surface area contributed by atoms with Crippen LogP contribution in [0, 0.1) is 5.92 Å². The van der Waals surface area contributed by atoms with Crippen molar-refractivity contribution in [3.8, 4) is 0 Å². The molecule has 0 radical (unpaired) electrons. The summed E-state index contributed by atoms with van der Waals surface area (Å²) in [6, 6.07) is 17.4. The molecule has 0 spiro atoms. The van der Waals surface area contributed by atoms with Crippen LogP contribution in [0.2, 0.25) is 0 Å². The smallest absolute Gasteiger partial charge is 0.330 e. The van der Waals surface area contributed by atoms with Crippen LogP contribution in [0.4, 0.5) is 27.2 Å². The van der Waals surface area contributed by atoms with E-state index in [4.69, 9.17) is 9.47 Å². The molecule has 224 valence electrons. The molecule has 1 atom stereocenters. The highest BCUT2D eigenvalue weighted by atomic mass is 32.1. The molecule has 2 heterocycles. The monoisotopic (exact) mass is 618 g/mol. The third kappa shape index (κ3) is 9.35. The second-order valence-corrected chi connectivity index (χ2v) is 11.5. The molecule has 0 aliphatic carbocycles. The Labute approximate surface area is 258 Å². The van der Waals surface area contributed by atoms with Gasteiger partial charge in [0.1, 0.15) is 16.4 Å². The topological polar surface area (TPSA) is 118 Å². The Bertz CT molecular complexity index is 1550. The number of anilines is 1. The van der Waals surface area contributed by atoms with Gasteiger partial charge in [0, 0.05) is 24.7 Å². The molecule has 43 heavy (non-hydrogen) atoms. The van der Waals surface area contributed by atoms with Gasteiger partial charge in [0.2, 0.25) is 5.13 Å². The van der Waals surface area contributed by atoms with Crippen molar-refractivity contribution in [3.05, 3.63) is 72.8 Å². The number of carbonyl (C=O) groups is 2. The molecule has 1 unspecified atom stereocenters. The number of benzene rings is 2. The quantitative estimate of drug-likeness (QED) is 0.0746. The molecule has 0 fully saturated rings. The van der Waals surface area contributed by atoms with E-state index in [2.05, 4.69) is 36.9 Å². The van der Waals surface area contributed by atoms with E-state index >= 15 is 0 Å². The summed E-state index contributed by atoms with van der Waals surface area (Å²) in [6.45, 7) is 11.3. The van der Waals surface area contributed by atoms with Crippen LogP contribution >= 0.6 is 22.7 Å². The van der Waals surface area contributed by atoms with Crippen LogP contribution in [0.1, 0.15) is 32.8 Å². The third-order valence-corrected chi connectivity index (χ3v) is 8.46. The van der Waals surface area contributed by atoms with Crippen molar-refractivity contribution in [2.24, 2.45) is 26.4 Å². The minimum Gasteiger partial charge on any atom is -0.465 e. The Balaban J connectivity index is 1.28. The molecule has 4 aromatic rings. The molecule has 10 nitrogen and oxygen atoms in total. The highest BCUT2D eigenvalue weighted by molar-refractivity contribution is 7.30. The molecule has 2 aromatic carbocycles. The molecule has 4 rings (SSSR count). The lowest BCUT2D eigenvalue weighted by atomic mass is 10.1. The average Bonchev–Trinajstić information content (AvgIpc) is 3.60. The molecule has 0 aliphatic heterocycles. The zero-order chi connectivity index (χ0) is 30.6. The standard InChI is InChI=1S/C31H34N6O4S2/c1-5-21(4)30(39)41-18-16-22-8-10-23(11-9-22)33-35-27-20-26-29(43-27)32-31(42-26)36-34-24-12-14-25(15-13-24)37(7-3)17-19-40-28(38)6-2/h6,8-15,20-21H,2,5,7,16-19H2,1,3-4H3/b35-33+,36-34+. The first kappa shape index (κ1) is 31.6. The first-order valence-corrected chi connectivity index (χ1v) is 15.7. The lowest BCUT2D eigenvalue weighted by Gasteiger charge is -2.22. The Kier molecular flexibility index (Phi) is 11.6. The van der Waals surface area contributed by atoms with Gasteiger partial charge < -0.3 is 14.4 Å². The molecule has 0 N–H and O–H groups in total. The third-order valence-electron chi connectivity index (χ3n) is 6.53. The van der Waals surface area contributed by atoms with Crippen LogP contribution < -0.4 is 4.90 Å². The summed E-state index contributed by atoms with van der Waals surface area (Å²) in [7, 11) is 0. The number of hydrogen-bond donors (Lipinski definition) is 0. The van der Waals surface area contributed by atoms with Crippen LogP contribution in [-0.4, -0.2) is 43.2 Å². The summed E-state index contributed by atoms with van der Waals surface area (Å²) in [5.41, 5.74) is 3.53. The molecule has 0 saturated carbocycles. The minimum absolute atomic E-state index is 0.0710. The zero-order valence-corrected chi connectivity index (χ0v) is 26.1. The lowest BCUT2D eigenvalue weighted by Crippen LogP contribution is -2.27. The Hall–Kier alpha value is -4.29. The van der Waals surface area contributed by atoms with Gasteiger partial charge in [-0.3, -0.25) is 4.79 Å². The van der Waals surface area contributed by atoms with Gasteiger partial charge in [0.05, 0.1) is 35.1 Å². The van der Waals surface area contributed by atoms with Gasteiger partial charge in [-0.15, -0.1) is 20.5 Å². The number of thiophene rings is 1. The maximum Gasteiger partial charge on any atom is 0.330 e. The van der Waals surface area contributed by atoms with E-state index in [1.54, 1.807) is 0 Å². The predicted molar refractivity (Wildman–Crippen MR) is 172 cm³/mol. The van der Waals surface area contributed by atoms with Crippen molar-refractivity contribution in [2.75, 3.05) is 31.2 Å². The maximum atomic E-state index is 11.8. The zero-order valence-electron chi connectivity index (χ0n) is 24.4. The number of aromatic nitrogens is 1. The average molecular weight is 619 g/mol. The summed E-state index contributed by atoms with van der Waals surface area (Å²) < 4.78 is 11.4. The number of nitrogens with zero attached hydrogens (tertiary/aromatic N) is 6. The first-order chi connectivity index (χ1) is 20.9. The van der Waals surface area contributed by atoms with Crippen molar-refractivity contribution in [1.29, 1.82) is 0 Å². The second-order valence-electron chi connectivity index (χ2n) is 9.51. The highest BCUT2D eigenvalue weighted by Gasteiger charge is 2.12. The Morgan fingerprint density at radius 1 is 0.953 bits per heavy atom. The van der Waals surface area contributed by atoms with E-state index < -0.39 is 5.97 Å². The molecule has 12 heteroatoms.